The van der Waals surface area contributed by atoms with E-state index < -0.39 is 6.16 Å². The Balaban J connectivity index is 0.000000328. The lowest BCUT2D eigenvalue weighted by molar-refractivity contribution is 0.137. The molecule has 0 bridgehead atoms. The zero-order valence-corrected chi connectivity index (χ0v) is 11.1. The molecule has 0 saturated heterocycles. The second kappa shape index (κ2) is 6.41. The van der Waals surface area contributed by atoms with Gasteiger partial charge < -0.3 is 15.2 Å². The van der Waals surface area contributed by atoms with Crippen molar-refractivity contribution in [3.8, 4) is 0 Å². The first-order chi connectivity index (χ1) is 9.58. The van der Waals surface area contributed by atoms with E-state index in [1.54, 1.807) is 6.07 Å². The van der Waals surface area contributed by atoms with Gasteiger partial charge in [0.15, 0.2) is 0 Å². The number of halogens is 1. The quantitative estimate of drug-likeness (QED) is 0.715. The van der Waals surface area contributed by atoms with Crippen LogP contribution in [0.3, 0.4) is 0 Å². The molecule has 108 valence electrons. The number of hydrogen-bond donors (Lipinski definition) is 3. The third kappa shape index (κ3) is 3.50. The summed E-state index contributed by atoms with van der Waals surface area (Å²) in [5, 5.41) is 15.0. The number of aromatic amines is 1. The number of carbonyl (C=O) groups is 1. The molecule has 1 aromatic heterocycles. The summed E-state index contributed by atoms with van der Waals surface area (Å²) in [6.45, 7) is 0. The van der Waals surface area contributed by atoms with Crippen LogP contribution in [0.15, 0.2) is 24.4 Å². The predicted octanol–water partition coefficient (Wildman–Crippen LogP) is 4.58. The van der Waals surface area contributed by atoms with Crippen LogP contribution in [-0.2, 0) is 0 Å². The van der Waals surface area contributed by atoms with E-state index in [0.717, 1.165) is 10.9 Å². The molecule has 1 aliphatic rings. The van der Waals surface area contributed by atoms with Crippen LogP contribution in [0, 0.1) is 5.82 Å². The molecule has 3 rings (SSSR count). The summed E-state index contributed by atoms with van der Waals surface area (Å²) in [7, 11) is 0. The topological polar surface area (TPSA) is 73.3 Å². The summed E-state index contributed by atoms with van der Waals surface area (Å²) in [6, 6.07) is 5.01. The van der Waals surface area contributed by atoms with Gasteiger partial charge in [-0.05, 0) is 42.5 Å². The molecule has 0 radical (unpaired) electrons. The average molecular weight is 279 g/mol. The monoisotopic (exact) mass is 279 g/mol. The zero-order valence-electron chi connectivity index (χ0n) is 11.1. The van der Waals surface area contributed by atoms with Crippen LogP contribution in [0.25, 0.3) is 10.9 Å². The fourth-order valence-electron chi connectivity index (χ4n) is 2.87. The van der Waals surface area contributed by atoms with Crippen LogP contribution < -0.4 is 0 Å². The highest BCUT2D eigenvalue weighted by molar-refractivity contribution is 5.83. The molecule has 0 unspecified atom stereocenters. The first-order valence-electron chi connectivity index (χ1n) is 6.76. The molecule has 3 N–H and O–H groups in total. The van der Waals surface area contributed by atoms with Crippen molar-refractivity contribution < 1.29 is 19.4 Å². The van der Waals surface area contributed by atoms with E-state index in [9.17, 15) is 4.39 Å². The van der Waals surface area contributed by atoms with Gasteiger partial charge in [-0.15, -0.1) is 0 Å². The van der Waals surface area contributed by atoms with Crippen molar-refractivity contribution in [1.82, 2.24) is 4.98 Å². The van der Waals surface area contributed by atoms with Gasteiger partial charge >= 0.3 is 6.16 Å². The molecule has 1 saturated carbocycles. The molecule has 0 aliphatic heterocycles. The molecule has 0 amide bonds. The maximum Gasteiger partial charge on any atom is 0.503 e. The van der Waals surface area contributed by atoms with Crippen LogP contribution in [0.5, 0.6) is 0 Å². The molecule has 0 atom stereocenters. The van der Waals surface area contributed by atoms with Crippen LogP contribution in [0.1, 0.15) is 43.6 Å². The minimum Gasteiger partial charge on any atom is -0.450 e. The molecule has 1 aliphatic carbocycles. The molecule has 2 aromatic rings. The van der Waals surface area contributed by atoms with Crippen molar-refractivity contribution in [3.63, 3.8) is 0 Å². The Morgan fingerprint density at radius 2 is 1.85 bits per heavy atom. The summed E-state index contributed by atoms with van der Waals surface area (Å²) in [4.78, 5) is 11.8. The number of benzene rings is 1. The van der Waals surface area contributed by atoms with E-state index in [-0.39, 0.29) is 5.82 Å². The van der Waals surface area contributed by atoms with Crippen LogP contribution in [0.4, 0.5) is 9.18 Å². The summed E-state index contributed by atoms with van der Waals surface area (Å²) in [5.74, 6) is 0.494. The molecule has 5 heteroatoms. The van der Waals surface area contributed by atoms with Gasteiger partial charge in [-0.1, -0.05) is 19.3 Å². The van der Waals surface area contributed by atoms with E-state index >= 15 is 0 Å². The predicted molar refractivity (Wildman–Crippen MR) is 74.7 cm³/mol. The fourth-order valence-corrected chi connectivity index (χ4v) is 2.87. The van der Waals surface area contributed by atoms with E-state index in [1.165, 1.54) is 43.7 Å². The van der Waals surface area contributed by atoms with E-state index in [2.05, 4.69) is 11.2 Å². The van der Waals surface area contributed by atoms with Gasteiger partial charge in [0.2, 0.25) is 0 Å². The van der Waals surface area contributed by atoms with Crippen molar-refractivity contribution in [1.29, 1.82) is 0 Å². The molecule has 4 nitrogen and oxygen atoms in total. The number of fused-ring (bicyclic) bond motifs is 1. The van der Waals surface area contributed by atoms with Crippen molar-refractivity contribution in [2.75, 3.05) is 0 Å². The maximum atomic E-state index is 13.2. The average Bonchev–Trinajstić information content (AvgIpc) is 2.82. The molecule has 1 fully saturated rings. The Hall–Kier alpha value is -2.04. The van der Waals surface area contributed by atoms with Gasteiger partial charge in [0.25, 0.3) is 0 Å². The van der Waals surface area contributed by atoms with Crippen molar-refractivity contribution in [2.24, 2.45) is 0 Å². The van der Waals surface area contributed by atoms with Crippen LogP contribution >= 0.6 is 0 Å². The van der Waals surface area contributed by atoms with Crippen molar-refractivity contribution in [2.45, 2.75) is 38.0 Å². The Morgan fingerprint density at radius 1 is 1.20 bits per heavy atom. The van der Waals surface area contributed by atoms with Crippen LogP contribution in [-0.4, -0.2) is 21.4 Å². The highest BCUT2D eigenvalue weighted by Gasteiger charge is 2.18. The lowest BCUT2D eigenvalue weighted by Gasteiger charge is -2.21. The highest BCUT2D eigenvalue weighted by atomic mass is 19.1. The lowest BCUT2D eigenvalue weighted by atomic mass is 9.84. The fraction of sp³-hybridized carbons (Fsp3) is 0.400. The second-order valence-corrected chi connectivity index (χ2v) is 5.05. The summed E-state index contributed by atoms with van der Waals surface area (Å²) in [6.07, 6.45) is 6.72. The van der Waals surface area contributed by atoms with E-state index in [4.69, 9.17) is 15.0 Å². The van der Waals surface area contributed by atoms with Gasteiger partial charge in [-0.25, -0.2) is 9.18 Å². The first-order valence-corrected chi connectivity index (χ1v) is 6.76. The number of aromatic nitrogens is 1. The molecule has 1 aromatic carbocycles. The molecular weight excluding hydrogens is 261 g/mol. The number of rotatable bonds is 1. The minimum absolute atomic E-state index is 0.135. The van der Waals surface area contributed by atoms with E-state index in [1.807, 2.05) is 6.07 Å². The van der Waals surface area contributed by atoms with Crippen LogP contribution in [0.2, 0.25) is 0 Å². The Bertz CT molecular complexity index is 584. The summed E-state index contributed by atoms with van der Waals surface area (Å²) >= 11 is 0. The number of carboxylic acid groups (broad SMARTS) is 2. The molecular formula is C15H18FNO3. The molecule has 0 spiro atoms. The third-order valence-corrected chi connectivity index (χ3v) is 3.72. The second-order valence-electron chi connectivity index (χ2n) is 5.05. The lowest BCUT2D eigenvalue weighted by Crippen LogP contribution is -2.03. The molecule has 1 heterocycles. The zero-order chi connectivity index (χ0) is 14.5. The highest BCUT2D eigenvalue weighted by Crippen LogP contribution is 2.36. The minimum atomic E-state index is -1.83. The number of hydrogen-bond acceptors (Lipinski definition) is 1. The summed E-state index contributed by atoms with van der Waals surface area (Å²) in [5.41, 5.74) is 2.37. The number of nitrogens with one attached hydrogen (secondary N) is 1. The maximum absolute atomic E-state index is 13.2. The number of H-pyrrole nitrogens is 1. The van der Waals surface area contributed by atoms with Crippen molar-refractivity contribution in [3.05, 3.63) is 35.8 Å². The third-order valence-electron chi connectivity index (χ3n) is 3.72. The Morgan fingerprint density at radius 3 is 2.50 bits per heavy atom. The van der Waals surface area contributed by atoms with Gasteiger partial charge in [0.1, 0.15) is 5.82 Å². The SMILES string of the molecule is Fc1ccc2[nH]cc(C3CCCCC3)c2c1.O=C(O)O. The Kier molecular flexibility index (Phi) is 4.61. The standard InChI is InChI=1S/C14H16FN.CH2O3/c15-11-6-7-14-12(8-11)13(9-16-14)10-4-2-1-3-5-10;2-1(3)4/h6-10,16H,1-5H2;(H2,2,3,4). The van der Waals surface area contributed by atoms with Gasteiger partial charge in [-0.2, -0.15) is 0 Å². The van der Waals surface area contributed by atoms with Gasteiger partial charge in [0.05, 0.1) is 0 Å². The van der Waals surface area contributed by atoms with Gasteiger partial charge in [0, 0.05) is 17.1 Å². The molecule has 20 heavy (non-hydrogen) atoms. The normalized spacial score (nSPS) is 15.7. The first kappa shape index (κ1) is 14.4. The van der Waals surface area contributed by atoms with E-state index in [0.29, 0.717) is 5.92 Å². The van der Waals surface area contributed by atoms with Crippen molar-refractivity contribution >= 4 is 17.1 Å². The summed E-state index contributed by atoms with van der Waals surface area (Å²) < 4.78 is 13.2. The Labute approximate surface area is 116 Å². The largest absolute Gasteiger partial charge is 0.503 e. The smallest absolute Gasteiger partial charge is 0.450 e. The van der Waals surface area contributed by atoms with Gasteiger partial charge in [-0.3, -0.25) is 0 Å².